The number of carbonyl (C=O) groups is 3. The van der Waals surface area contributed by atoms with Crippen molar-refractivity contribution in [3.63, 3.8) is 0 Å². The molecule has 0 radical (unpaired) electrons. The monoisotopic (exact) mass is 484 g/mol. The zero-order valence-electron chi connectivity index (χ0n) is 20.0. The third-order valence-corrected chi connectivity index (χ3v) is 6.61. The van der Waals surface area contributed by atoms with E-state index in [2.05, 4.69) is 22.8 Å². The first-order valence-corrected chi connectivity index (χ1v) is 12.7. The first kappa shape index (κ1) is 25.6. The van der Waals surface area contributed by atoms with Gasteiger partial charge in [-0.3, -0.25) is 4.79 Å². The van der Waals surface area contributed by atoms with Crippen molar-refractivity contribution in [1.29, 1.82) is 0 Å². The van der Waals surface area contributed by atoms with E-state index >= 15 is 0 Å². The zero-order valence-corrected chi connectivity index (χ0v) is 20.8. The predicted octanol–water partition coefficient (Wildman–Crippen LogP) is 4.26. The molecule has 182 valence electrons. The van der Waals surface area contributed by atoms with Gasteiger partial charge in [0.1, 0.15) is 18.7 Å². The molecule has 1 unspecified atom stereocenters. The van der Waals surface area contributed by atoms with Crippen molar-refractivity contribution in [1.82, 2.24) is 10.6 Å². The van der Waals surface area contributed by atoms with Crippen molar-refractivity contribution in [3.05, 3.63) is 59.7 Å². The number of nitrogens with one attached hydrogen (secondary N) is 2. The number of hydrogen-bond donors (Lipinski definition) is 3. The molecule has 1 aliphatic carbocycles. The molecule has 2 atom stereocenters. The van der Waals surface area contributed by atoms with E-state index in [9.17, 15) is 19.5 Å². The van der Waals surface area contributed by atoms with E-state index in [1.54, 1.807) is 20.8 Å². The normalized spacial score (nSPS) is 14.5. The van der Waals surface area contributed by atoms with Crippen molar-refractivity contribution in [3.8, 4) is 11.1 Å². The van der Waals surface area contributed by atoms with Crippen molar-refractivity contribution in [2.75, 3.05) is 18.6 Å². The summed E-state index contributed by atoms with van der Waals surface area (Å²) in [5.74, 6) is -1.13. The topological polar surface area (TPSA) is 105 Å². The molecule has 2 aromatic carbocycles. The molecule has 0 bridgehead atoms. The van der Waals surface area contributed by atoms with Crippen molar-refractivity contribution >= 4 is 29.7 Å². The fraction of sp³-hybridized carbons (Fsp3) is 0.423. The van der Waals surface area contributed by atoms with Crippen LogP contribution >= 0.6 is 11.8 Å². The highest BCUT2D eigenvalue weighted by Gasteiger charge is 2.35. The van der Waals surface area contributed by atoms with Crippen molar-refractivity contribution in [2.24, 2.45) is 5.41 Å². The van der Waals surface area contributed by atoms with Gasteiger partial charge in [-0.25, -0.2) is 9.59 Å². The molecule has 0 aliphatic heterocycles. The van der Waals surface area contributed by atoms with Gasteiger partial charge in [0, 0.05) is 5.92 Å². The molecule has 2 aromatic rings. The molecule has 0 saturated heterocycles. The van der Waals surface area contributed by atoms with Crippen LogP contribution in [0.5, 0.6) is 0 Å². The first-order valence-electron chi connectivity index (χ1n) is 11.3. The van der Waals surface area contributed by atoms with Crippen LogP contribution in [0.25, 0.3) is 11.1 Å². The Labute approximate surface area is 204 Å². The molecule has 0 spiro atoms. The van der Waals surface area contributed by atoms with Crippen LogP contribution in [0.3, 0.4) is 0 Å². The number of carboxylic acid groups (broad SMARTS) is 1. The lowest BCUT2D eigenvalue weighted by molar-refractivity contribution is -0.145. The molecule has 3 rings (SSSR count). The number of fused-ring (bicyclic) bond motifs is 3. The second kappa shape index (κ2) is 11.0. The van der Waals surface area contributed by atoms with Gasteiger partial charge in [-0.1, -0.05) is 69.3 Å². The third kappa shape index (κ3) is 5.91. The van der Waals surface area contributed by atoms with Gasteiger partial charge in [-0.05, 0) is 46.1 Å². The first-order chi connectivity index (χ1) is 16.1. The molecule has 2 amide bonds. The summed E-state index contributed by atoms with van der Waals surface area (Å²) in [6.45, 7) is 5.35. The summed E-state index contributed by atoms with van der Waals surface area (Å²) in [6.07, 6.45) is 1.55. The Balaban J connectivity index is 1.67. The Hall–Kier alpha value is -3.00. The standard InChI is InChI=1S/C26H32N2O5S/c1-26(2,3)22(24(30)31)28-23(29)21(13-14-34-4)27-25(32)33-15-20-18-11-7-5-9-16(18)17-10-6-8-12-19(17)20/h5-12,20-22H,13-15H2,1-4H3,(H,27,32)(H,28,29)(H,30,31)/t21-,22?/m0/s1. The molecule has 0 saturated carbocycles. The minimum Gasteiger partial charge on any atom is -0.480 e. The van der Waals surface area contributed by atoms with Gasteiger partial charge in [0.2, 0.25) is 5.91 Å². The van der Waals surface area contributed by atoms with Crippen LogP contribution in [-0.2, 0) is 14.3 Å². The van der Waals surface area contributed by atoms with Gasteiger partial charge in [0.15, 0.2) is 0 Å². The fourth-order valence-electron chi connectivity index (χ4n) is 4.18. The third-order valence-electron chi connectivity index (χ3n) is 5.96. The number of rotatable bonds is 9. The molecule has 8 heteroatoms. The molecule has 3 N–H and O–H groups in total. The summed E-state index contributed by atoms with van der Waals surface area (Å²) in [5.41, 5.74) is 3.78. The van der Waals surface area contributed by atoms with E-state index in [0.717, 1.165) is 22.3 Å². The van der Waals surface area contributed by atoms with Crippen molar-refractivity contribution < 1.29 is 24.2 Å². The van der Waals surface area contributed by atoms with E-state index in [-0.39, 0.29) is 12.5 Å². The number of hydrogen-bond acceptors (Lipinski definition) is 5. The minimum atomic E-state index is -1.12. The lowest BCUT2D eigenvalue weighted by Crippen LogP contribution is -2.55. The molecule has 1 aliphatic rings. The summed E-state index contributed by atoms with van der Waals surface area (Å²) in [4.78, 5) is 37.2. The van der Waals surface area contributed by atoms with E-state index < -0.39 is 35.5 Å². The van der Waals surface area contributed by atoms with E-state index in [1.165, 1.54) is 11.8 Å². The summed E-state index contributed by atoms with van der Waals surface area (Å²) >= 11 is 1.54. The number of thioether (sulfide) groups is 1. The van der Waals surface area contributed by atoms with Crippen LogP contribution in [0.1, 0.15) is 44.2 Å². The Morgan fingerprint density at radius 1 is 1.00 bits per heavy atom. The van der Waals surface area contributed by atoms with E-state index in [4.69, 9.17) is 4.74 Å². The van der Waals surface area contributed by atoms with E-state index in [1.807, 2.05) is 42.7 Å². The fourth-order valence-corrected chi connectivity index (χ4v) is 4.65. The van der Waals surface area contributed by atoms with Crippen LogP contribution < -0.4 is 10.6 Å². The Kier molecular flexibility index (Phi) is 8.25. The summed E-state index contributed by atoms with van der Waals surface area (Å²) in [7, 11) is 0. The summed E-state index contributed by atoms with van der Waals surface area (Å²) in [6, 6.07) is 14.1. The van der Waals surface area contributed by atoms with Gasteiger partial charge < -0.3 is 20.5 Å². The minimum absolute atomic E-state index is 0.0890. The number of benzene rings is 2. The highest BCUT2D eigenvalue weighted by Crippen LogP contribution is 2.44. The molecule has 0 heterocycles. The summed E-state index contributed by atoms with van der Waals surface area (Å²) in [5, 5.41) is 14.7. The van der Waals surface area contributed by atoms with Gasteiger partial charge >= 0.3 is 12.1 Å². The molecule has 7 nitrogen and oxygen atoms in total. The maximum Gasteiger partial charge on any atom is 0.407 e. The lowest BCUT2D eigenvalue weighted by atomic mass is 9.86. The molecule has 34 heavy (non-hydrogen) atoms. The van der Waals surface area contributed by atoms with Gasteiger partial charge in [0.25, 0.3) is 0 Å². The smallest absolute Gasteiger partial charge is 0.407 e. The van der Waals surface area contributed by atoms with Gasteiger partial charge in [0.05, 0.1) is 0 Å². The molecular formula is C26H32N2O5S. The number of alkyl carbamates (subject to hydrolysis) is 1. The van der Waals surface area contributed by atoms with Gasteiger partial charge in [-0.15, -0.1) is 0 Å². The second-order valence-electron chi connectivity index (χ2n) is 9.45. The number of aliphatic carboxylic acids is 1. The van der Waals surface area contributed by atoms with Crippen LogP contribution in [-0.4, -0.2) is 53.8 Å². The Bertz CT molecular complexity index is 1000. The number of carbonyl (C=O) groups excluding carboxylic acids is 2. The Morgan fingerprint density at radius 2 is 1.56 bits per heavy atom. The maximum atomic E-state index is 12.9. The Morgan fingerprint density at radius 3 is 2.06 bits per heavy atom. The maximum absolute atomic E-state index is 12.9. The van der Waals surface area contributed by atoms with Gasteiger partial charge in [-0.2, -0.15) is 11.8 Å². The quantitative estimate of drug-likeness (QED) is 0.491. The average Bonchev–Trinajstić information content (AvgIpc) is 3.11. The van der Waals surface area contributed by atoms with Crippen LogP contribution in [0, 0.1) is 5.41 Å². The average molecular weight is 485 g/mol. The predicted molar refractivity (Wildman–Crippen MR) is 134 cm³/mol. The number of amides is 2. The lowest BCUT2D eigenvalue weighted by Gasteiger charge is -2.29. The molecule has 0 aromatic heterocycles. The second-order valence-corrected chi connectivity index (χ2v) is 10.4. The SMILES string of the molecule is CSCC[C@H](NC(=O)OCC1c2ccccc2-c2ccccc21)C(=O)NC(C(=O)O)C(C)(C)C. The van der Waals surface area contributed by atoms with Crippen LogP contribution in [0.4, 0.5) is 4.79 Å². The number of ether oxygens (including phenoxy) is 1. The van der Waals surface area contributed by atoms with Crippen molar-refractivity contribution in [2.45, 2.75) is 45.2 Å². The van der Waals surface area contributed by atoms with Crippen LogP contribution in [0.15, 0.2) is 48.5 Å². The largest absolute Gasteiger partial charge is 0.480 e. The highest BCUT2D eigenvalue weighted by atomic mass is 32.2. The summed E-state index contributed by atoms with van der Waals surface area (Å²) < 4.78 is 5.57. The highest BCUT2D eigenvalue weighted by molar-refractivity contribution is 7.98. The molecular weight excluding hydrogens is 452 g/mol. The number of carboxylic acids is 1. The molecule has 0 fully saturated rings. The zero-order chi connectivity index (χ0) is 24.9. The van der Waals surface area contributed by atoms with Crippen LogP contribution in [0.2, 0.25) is 0 Å². The van der Waals surface area contributed by atoms with E-state index in [0.29, 0.717) is 12.2 Å².